The van der Waals surface area contributed by atoms with Crippen LogP contribution < -0.4 is 0 Å². The average Bonchev–Trinajstić information content (AvgIpc) is 3.14. The second-order valence-electron chi connectivity index (χ2n) is 8.80. The third-order valence-electron chi connectivity index (χ3n) is 3.90. The van der Waals surface area contributed by atoms with Crippen LogP contribution in [0.15, 0.2) is 24.3 Å². The maximum Gasteiger partial charge on any atom is 0.312 e. The number of nitrogens with zero attached hydrogens (tertiary/aromatic N) is 2. The fourth-order valence-electron chi connectivity index (χ4n) is 2.00. The zero-order valence-corrected chi connectivity index (χ0v) is 18.6. The van der Waals surface area contributed by atoms with Crippen LogP contribution in [0, 0.1) is 10.8 Å². The average molecular weight is 436 g/mol. The van der Waals surface area contributed by atoms with Crippen LogP contribution in [0.2, 0.25) is 0 Å². The van der Waals surface area contributed by atoms with E-state index in [4.69, 9.17) is 9.47 Å². The smallest absolute Gasteiger partial charge is 0.312 e. The van der Waals surface area contributed by atoms with Gasteiger partial charge in [0.2, 0.25) is 0 Å². The first-order valence-electron chi connectivity index (χ1n) is 9.56. The van der Waals surface area contributed by atoms with Crippen LogP contribution in [0.4, 0.5) is 0 Å². The van der Waals surface area contributed by atoms with Crippen LogP contribution in [-0.2, 0) is 38.2 Å². The van der Waals surface area contributed by atoms with Crippen LogP contribution in [0.25, 0.3) is 0 Å². The predicted octanol–water partition coefficient (Wildman–Crippen LogP) is 0.959. The van der Waals surface area contributed by atoms with Gasteiger partial charge in [0.15, 0.2) is 6.73 Å². The van der Waals surface area contributed by atoms with E-state index in [0.717, 1.165) is 22.0 Å². The molecular weight excluding hydrogens is 408 g/mol. The summed E-state index contributed by atoms with van der Waals surface area (Å²) >= 11 is 0. The second kappa shape index (κ2) is 10.1. The molecule has 0 unspecified atom stereocenters. The van der Waals surface area contributed by atoms with Gasteiger partial charge in [0.05, 0.1) is 17.4 Å². The Bertz CT molecular complexity index is 791. The van der Waals surface area contributed by atoms with Gasteiger partial charge < -0.3 is 9.47 Å². The number of esters is 2. The number of hydrogen-bond donors (Lipinski definition) is 0. The molecule has 0 aromatic rings. The minimum atomic E-state index is -0.640. The van der Waals surface area contributed by atoms with Crippen molar-refractivity contribution in [3.8, 4) is 0 Å². The van der Waals surface area contributed by atoms with Crippen LogP contribution in [-0.4, -0.2) is 65.2 Å². The Morgan fingerprint density at radius 1 is 0.677 bits per heavy atom. The molecule has 170 valence electrons. The van der Waals surface area contributed by atoms with Gasteiger partial charge >= 0.3 is 11.9 Å². The monoisotopic (exact) mass is 436 g/mol. The lowest BCUT2D eigenvalue weighted by Crippen LogP contribution is -2.35. The van der Waals surface area contributed by atoms with Crippen LogP contribution in [0.3, 0.4) is 0 Å². The molecular formula is C21H28N2O8. The number of amides is 4. The van der Waals surface area contributed by atoms with E-state index in [2.05, 4.69) is 0 Å². The molecule has 0 bridgehead atoms. The van der Waals surface area contributed by atoms with E-state index in [1.165, 1.54) is 12.2 Å². The van der Waals surface area contributed by atoms with Crippen LogP contribution in [0.5, 0.6) is 0 Å². The molecule has 2 aliphatic rings. The topological polar surface area (TPSA) is 127 Å². The fraction of sp³-hybridized carbons (Fsp3) is 0.524. The molecule has 0 radical (unpaired) electrons. The highest BCUT2D eigenvalue weighted by molar-refractivity contribution is 6.13. The van der Waals surface area contributed by atoms with Crippen molar-refractivity contribution in [1.82, 2.24) is 9.80 Å². The van der Waals surface area contributed by atoms with Crippen LogP contribution in [0.1, 0.15) is 41.5 Å². The molecule has 0 spiro atoms. The minimum Gasteiger partial charge on any atom is -0.463 e. The molecule has 10 nitrogen and oxygen atoms in total. The van der Waals surface area contributed by atoms with Crippen molar-refractivity contribution in [2.75, 3.05) is 19.9 Å². The summed E-state index contributed by atoms with van der Waals surface area (Å²) in [5.41, 5.74) is -1.21. The predicted molar refractivity (Wildman–Crippen MR) is 108 cm³/mol. The molecule has 0 fully saturated rings. The highest BCUT2D eigenvalue weighted by atomic mass is 16.5. The van der Waals surface area contributed by atoms with Gasteiger partial charge in [-0.15, -0.1) is 0 Å². The molecule has 31 heavy (non-hydrogen) atoms. The van der Waals surface area contributed by atoms with Crippen molar-refractivity contribution in [3.63, 3.8) is 0 Å². The molecule has 0 aliphatic carbocycles. The molecule has 2 aliphatic heterocycles. The van der Waals surface area contributed by atoms with E-state index >= 15 is 0 Å². The van der Waals surface area contributed by atoms with Crippen molar-refractivity contribution in [1.29, 1.82) is 0 Å². The minimum absolute atomic E-state index is 0.0370. The van der Waals surface area contributed by atoms with Gasteiger partial charge in [-0.05, 0) is 41.5 Å². The number of hydrogen-bond acceptors (Lipinski definition) is 8. The third kappa shape index (κ3) is 7.80. The van der Waals surface area contributed by atoms with Gasteiger partial charge in [-0.3, -0.25) is 33.7 Å². The first-order valence-corrected chi connectivity index (χ1v) is 9.56. The first-order chi connectivity index (χ1) is 14.1. The largest absolute Gasteiger partial charge is 0.463 e. The number of carbonyl (C=O) groups excluding carboxylic acids is 6. The second-order valence-corrected chi connectivity index (χ2v) is 8.80. The summed E-state index contributed by atoms with van der Waals surface area (Å²) in [6, 6.07) is 0. The summed E-state index contributed by atoms with van der Waals surface area (Å²) in [6.45, 7) is 10.1. The zero-order chi connectivity index (χ0) is 24.0. The molecule has 0 N–H and O–H groups in total. The molecule has 0 saturated carbocycles. The van der Waals surface area contributed by atoms with Gasteiger partial charge in [-0.25, -0.2) is 4.90 Å². The number of imide groups is 2. The van der Waals surface area contributed by atoms with Crippen molar-refractivity contribution >= 4 is 35.6 Å². The Morgan fingerprint density at radius 2 is 1.03 bits per heavy atom. The third-order valence-corrected chi connectivity index (χ3v) is 3.90. The molecule has 4 amide bonds. The maximum absolute atomic E-state index is 11.4. The lowest BCUT2D eigenvalue weighted by molar-refractivity contribution is -0.161. The van der Waals surface area contributed by atoms with Gasteiger partial charge in [-0.2, -0.15) is 0 Å². The van der Waals surface area contributed by atoms with Crippen molar-refractivity contribution < 1.29 is 38.2 Å². The van der Waals surface area contributed by atoms with Gasteiger partial charge in [0, 0.05) is 24.3 Å². The van der Waals surface area contributed by atoms with Crippen molar-refractivity contribution in [3.05, 3.63) is 24.3 Å². The molecule has 0 aromatic carbocycles. The van der Waals surface area contributed by atoms with E-state index in [0.29, 0.717) is 0 Å². The van der Waals surface area contributed by atoms with Gasteiger partial charge in [-0.1, -0.05) is 0 Å². The lowest BCUT2D eigenvalue weighted by atomic mass is 9.97. The zero-order valence-electron chi connectivity index (χ0n) is 18.6. The highest BCUT2D eigenvalue weighted by Gasteiger charge is 2.28. The Balaban J connectivity index is 0.000000311. The van der Waals surface area contributed by atoms with Crippen LogP contribution >= 0.6 is 0 Å². The maximum atomic E-state index is 11.4. The molecule has 0 atom stereocenters. The Kier molecular flexibility index (Phi) is 8.42. The van der Waals surface area contributed by atoms with Crippen molar-refractivity contribution in [2.24, 2.45) is 10.8 Å². The van der Waals surface area contributed by atoms with Gasteiger partial charge in [0.25, 0.3) is 23.6 Å². The highest BCUT2D eigenvalue weighted by Crippen LogP contribution is 2.16. The quantitative estimate of drug-likeness (QED) is 0.461. The lowest BCUT2D eigenvalue weighted by Gasteiger charge is -2.19. The van der Waals surface area contributed by atoms with Gasteiger partial charge in [0.1, 0.15) is 6.61 Å². The SMILES string of the molecule is CC(C)(C)C(=O)OCCN1C(=O)C=CC1=O.CC(C)(C)C(=O)OCN1C(=O)C=CC1=O. The van der Waals surface area contributed by atoms with E-state index < -0.39 is 28.6 Å². The summed E-state index contributed by atoms with van der Waals surface area (Å²) in [7, 11) is 0. The summed E-state index contributed by atoms with van der Waals surface area (Å²) in [5.74, 6) is -2.44. The normalized spacial score (nSPS) is 15.9. The summed E-state index contributed by atoms with van der Waals surface area (Å²) in [5, 5.41) is 0. The number of rotatable bonds is 5. The Labute approximate surface area is 180 Å². The Morgan fingerprint density at radius 3 is 1.42 bits per heavy atom. The number of ether oxygens (including phenoxy) is 2. The fourth-order valence-corrected chi connectivity index (χ4v) is 2.00. The standard InChI is InChI=1S/C11H15NO4.C10H13NO4/c1-11(2,3)10(15)16-7-6-12-8(13)4-5-9(12)14;1-10(2,3)9(14)15-6-11-7(12)4-5-8(11)13/h4-5H,6-7H2,1-3H3;4-5H,6H2,1-3H3. The molecule has 2 rings (SSSR count). The molecule has 10 heteroatoms. The molecule has 0 saturated heterocycles. The van der Waals surface area contributed by atoms with E-state index in [-0.39, 0.29) is 37.7 Å². The first kappa shape index (κ1) is 25.7. The summed E-state index contributed by atoms with van der Waals surface area (Å²) in [6.07, 6.45) is 4.70. The molecule has 0 aromatic heterocycles. The molecule has 2 heterocycles. The van der Waals surface area contributed by atoms with Crippen molar-refractivity contribution in [2.45, 2.75) is 41.5 Å². The van der Waals surface area contributed by atoms with E-state index in [1.807, 2.05) is 0 Å². The summed E-state index contributed by atoms with van der Waals surface area (Å²) in [4.78, 5) is 69.0. The van der Waals surface area contributed by atoms with E-state index in [1.54, 1.807) is 41.5 Å². The number of carbonyl (C=O) groups is 6. The Hall–Kier alpha value is -3.30. The summed E-state index contributed by atoms with van der Waals surface area (Å²) < 4.78 is 9.79. The van der Waals surface area contributed by atoms with E-state index in [9.17, 15) is 28.8 Å².